The zero-order valence-corrected chi connectivity index (χ0v) is 8.71. The highest BCUT2D eigenvalue weighted by Gasteiger charge is 1.98. The Morgan fingerprint density at radius 1 is 1.33 bits per heavy atom. The highest BCUT2D eigenvalue weighted by Crippen LogP contribution is 2.13. The Labute approximate surface area is 89.5 Å². The van der Waals surface area contributed by atoms with E-state index in [0.717, 1.165) is 16.9 Å². The molecule has 0 aliphatic rings. The summed E-state index contributed by atoms with van der Waals surface area (Å²) in [6.07, 6.45) is 1.24. The second-order valence-corrected chi connectivity index (χ2v) is 3.00. The van der Waals surface area contributed by atoms with Gasteiger partial charge in [0.2, 0.25) is 5.91 Å². The maximum atomic E-state index is 11.0. The third-order valence-electron chi connectivity index (χ3n) is 1.99. The first kappa shape index (κ1) is 11.0. The maximum Gasteiger partial charge on any atom is 0.247 e. The van der Waals surface area contributed by atoms with Crippen molar-refractivity contribution in [3.63, 3.8) is 0 Å². The quantitative estimate of drug-likeness (QED) is 0.733. The van der Waals surface area contributed by atoms with Gasteiger partial charge in [-0.2, -0.15) is 0 Å². The van der Waals surface area contributed by atoms with E-state index in [-0.39, 0.29) is 5.91 Å². The number of benzene rings is 1. The standard InChI is InChI=1S/C12H14N2O/c1-4-12(15)14-11-7-5-10(6-8-11)9(2)13-3/h4-8,13H,1-2H2,3H3,(H,14,15). The molecule has 0 radical (unpaired) electrons. The van der Waals surface area contributed by atoms with Gasteiger partial charge in [0.25, 0.3) is 0 Å². The summed E-state index contributed by atoms with van der Waals surface area (Å²) in [7, 11) is 1.82. The van der Waals surface area contributed by atoms with E-state index in [1.165, 1.54) is 6.08 Å². The van der Waals surface area contributed by atoms with Gasteiger partial charge >= 0.3 is 0 Å². The van der Waals surface area contributed by atoms with Crippen LogP contribution in [0.1, 0.15) is 5.56 Å². The van der Waals surface area contributed by atoms with Crippen LogP contribution in [0.5, 0.6) is 0 Å². The number of amides is 1. The molecule has 0 bridgehead atoms. The Bertz CT molecular complexity index is 379. The molecule has 1 aromatic rings. The molecule has 15 heavy (non-hydrogen) atoms. The molecular formula is C12H14N2O. The second kappa shape index (κ2) is 5.00. The summed E-state index contributed by atoms with van der Waals surface area (Å²) in [5.41, 5.74) is 2.58. The third-order valence-corrected chi connectivity index (χ3v) is 1.99. The number of carbonyl (C=O) groups is 1. The molecule has 3 nitrogen and oxygen atoms in total. The predicted molar refractivity (Wildman–Crippen MR) is 63.4 cm³/mol. The first-order valence-corrected chi connectivity index (χ1v) is 4.58. The van der Waals surface area contributed by atoms with Crippen molar-refractivity contribution in [2.24, 2.45) is 0 Å². The zero-order chi connectivity index (χ0) is 11.3. The molecule has 0 aliphatic carbocycles. The SMILES string of the molecule is C=CC(=O)Nc1ccc(C(=C)NC)cc1. The van der Waals surface area contributed by atoms with Crippen LogP contribution in [-0.2, 0) is 4.79 Å². The van der Waals surface area contributed by atoms with Crippen LogP contribution in [0.3, 0.4) is 0 Å². The van der Waals surface area contributed by atoms with Gasteiger partial charge in [-0.3, -0.25) is 4.79 Å². The van der Waals surface area contributed by atoms with Crippen LogP contribution in [0.15, 0.2) is 43.5 Å². The van der Waals surface area contributed by atoms with Gasteiger partial charge in [0.15, 0.2) is 0 Å². The van der Waals surface area contributed by atoms with E-state index >= 15 is 0 Å². The van der Waals surface area contributed by atoms with Crippen molar-refractivity contribution >= 4 is 17.3 Å². The van der Waals surface area contributed by atoms with Crippen LogP contribution >= 0.6 is 0 Å². The fourth-order valence-corrected chi connectivity index (χ4v) is 1.09. The van der Waals surface area contributed by atoms with E-state index < -0.39 is 0 Å². The zero-order valence-electron chi connectivity index (χ0n) is 8.71. The van der Waals surface area contributed by atoms with Crippen molar-refractivity contribution < 1.29 is 4.79 Å². The van der Waals surface area contributed by atoms with E-state index in [1.54, 1.807) is 0 Å². The first-order chi connectivity index (χ1) is 7.17. The van der Waals surface area contributed by atoms with Crippen LogP contribution in [0, 0.1) is 0 Å². The van der Waals surface area contributed by atoms with Crippen LogP contribution < -0.4 is 10.6 Å². The van der Waals surface area contributed by atoms with Gasteiger partial charge in [-0.15, -0.1) is 0 Å². The summed E-state index contributed by atoms with van der Waals surface area (Å²) < 4.78 is 0. The van der Waals surface area contributed by atoms with Gasteiger partial charge in [0.05, 0.1) is 0 Å². The summed E-state index contributed by atoms with van der Waals surface area (Å²) in [5.74, 6) is -0.213. The minimum Gasteiger partial charge on any atom is -0.388 e. The van der Waals surface area contributed by atoms with Crippen molar-refractivity contribution in [3.8, 4) is 0 Å². The van der Waals surface area contributed by atoms with Crippen LogP contribution in [0.4, 0.5) is 5.69 Å². The number of nitrogens with one attached hydrogen (secondary N) is 2. The molecule has 1 rings (SSSR count). The summed E-state index contributed by atoms with van der Waals surface area (Å²) >= 11 is 0. The summed E-state index contributed by atoms with van der Waals surface area (Å²) in [5, 5.41) is 5.62. The summed E-state index contributed by atoms with van der Waals surface area (Å²) in [6.45, 7) is 7.22. The van der Waals surface area contributed by atoms with E-state index in [4.69, 9.17) is 0 Å². The molecular weight excluding hydrogens is 188 g/mol. The molecule has 2 N–H and O–H groups in total. The number of rotatable bonds is 4. The topological polar surface area (TPSA) is 41.1 Å². The lowest BCUT2D eigenvalue weighted by Crippen LogP contribution is -2.07. The highest BCUT2D eigenvalue weighted by atomic mass is 16.1. The molecule has 3 heteroatoms. The van der Waals surface area contributed by atoms with Crippen LogP contribution in [-0.4, -0.2) is 13.0 Å². The Kier molecular flexibility index (Phi) is 3.68. The van der Waals surface area contributed by atoms with Crippen molar-refractivity contribution in [2.75, 3.05) is 12.4 Å². The molecule has 0 aromatic heterocycles. The normalized spacial score (nSPS) is 9.13. The molecule has 1 aromatic carbocycles. The minimum atomic E-state index is -0.213. The average Bonchev–Trinajstić information content (AvgIpc) is 2.29. The number of carbonyl (C=O) groups excluding carboxylic acids is 1. The Balaban J connectivity index is 2.76. The van der Waals surface area contributed by atoms with Gasteiger partial charge in [-0.05, 0) is 23.8 Å². The molecule has 0 saturated heterocycles. The first-order valence-electron chi connectivity index (χ1n) is 4.58. The van der Waals surface area contributed by atoms with Gasteiger partial charge < -0.3 is 10.6 Å². The van der Waals surface area contributed by atoms with Crippen LogP contribution in [0.25, 0.3) is 5.70 Å². The maximum absolute atomic E-state index is 11.0. The van der Waals surface area contributed by atoms with Crippen LogP contribution in [0.2, 0.25) is 0 Å². The number of hydrogen-bond donors (Lipinski definition) is 2. The van der Waals surface area contributed by atoms with Crippen molar-refractivity contribution in [3.05, 3.63) is 49.1 Å². The third kappa shape index (κ3) is 2.98. The average molecular weight is 202 g/mol. The fraction of sp³-hybridized carbons (Fsp3) is 0.0833. The van der Waals surface area contributed by atoms with Gasteiger partial charge in [0.1, 0.15) is 0 Å². The Hall–Kier alpha value is -2.03. The van der Waals surface area contributed by atoms with E-state index in [2.05, 4.69) is 23.8 Å². The largest absolute Gasteiger partial charge is 0.388 e. The molecule has 0 unspecified atom stereocenters. The molecule has 1 amide bonds. The monoisotopic (exact) mass is 202 g/mol. The Morgan fingerprint density at radius 2 is 1.93 bits per heavy atom. The second-order valence-electron chi connectivity index (χ2n) is 3.00. The molecule has 78 valence electrons. The lowest BCUT2D eigenvalue weighted by molar-refractivity contribution is -0.111. The van der Waals surface area contributed by atoms with Crippen molar-refractivity contribution in [2.45, 2.75) is 0 Å². The van der Waals surface area contributed by atoms with E-state index in [0.29, 0.717) is 0 Å². The van der Waals surface area contributed by atoms with E-state index in [9.17, 15) is 4.79 Å². The summed E-state index contributed by atoms with van der Waals surface area (Å²) in [4.78, 5) is 11.0. The smallest absolute Gasteiger partial charge is 0.247 e. The van der Waals surface area contributed by atoms with Crippen molar-refractivity contribution in [1.29, 1.82) is 0 Å². The number of hydrogen-bond acceptors (Lipinski definition) is 2. The minimum absolute atomic E-state index is 0.213. The van der Waals surface area contributed by atoms with Gasteiger partial charge in [-0.25, -0.2) is 0 Å². The summed E-state index contributed by atoms with van der Waals surface area (Å²) in [6, 6.07) is 7.41. The molecule has 0 aliphatic heterocycles. The Morgan fingerprint density at radius 3 is 2.40 bits per heavy atom. The molecule has 0 fully saturated rings. The molecule has 0 atom stereocenters. The van der Waals surface area contributed by atoms with Gasteiger partial charge in [0, 0.05) is 18.4 Å². The molecule has 0 spiro atoms. The predicted octanol–water partition coefficient (Wildman–Crippen LogP) is 2.00. The van der Waals surface area contributed by atoms with E-state index in [1.807, 2.05) is 31.3 Å². The lowest BCUT2D eigenvalue weighted by Gasteiger charge is -2.06. The molecule has 0 saturated carbocycles. The molecule has 0 heterocycles. The van der Waals surface area contributed by atoms with Gasteiger partial charge in [-0.1, -0.05) is 25.3 Å². The number of anilines is 1. The highest BCUT2D eigenvalue weighted by molar-refractivity contribution is 5.98. The van der Waals surface area contributed by atoms with Crippen molar-refractivity contribution in [1.82, 2.24) is 5.32 Å². The lowest BCUT2D eigenvalue weighted by atomic mass is 10.1. The fourth-order valence-electron chi connectivity index (χ4n) is 1.09.